The van der Waals surface area contributed by atoms with Crippen molar-refractivity contribution in [3.8, 4) is 0 Å². The van der Waals surface area contributed by atoms with Gasteiger partial charge in [0, 0.05) is 32.2 Å². The molecule has 1 atom stereocenters. The average molecular weight is 203 g/mol. The molecule has 1 aromatic carbocycles. The standard InChI is InChI=1S/C13H19N2/c1-12(13-6-4-3-5-7-13)15-10-8-14(2)9-11-15/h3-7,12H,1,8-11H2,2H3. The number of likely N-dealkylation sites (N-methyl/N-ethyl adjacent to an activating group) is 1. The first-order valence-electron chi connectivity index (χ1n) is 5.58. The zero-order valence-electron chi connectivity index (χ0n) is 9.39. The van der Waals surface area contributed by atoms with E-state index in [2.05, 4.69) is 54.1 Å². The predicted octanol–water partition coefficient (Wildman–Crippen LogP) is 1.81. The van der Waals surface area contributed by atoms with Crippen molar-refractivity contribution in [2.75, 3.05) is 33.2 Å². The summed E-state index contributed by atoms with van der Waals surface area (Å²) in [7, 11) is 2.18. The minimum atomic E-state index is 0.305. The molecule has 1 fully saturated rings. The van der Waals surface area contributed by atoms with Crippen LogP contribution in [0.5, 0.6) is 0 Å². The topological polar surface area (TPSA) is 6.48 Å². The minimum absolute atomic E-state index is 0.305. The molecule has 15 heavy (non-hydrogen) atoms. The molecule has 0 aromatic heterocycles. The van der Waals surface area contributed by atoms with Gasteiger partial charge in [-0.3, -0.25) is 4.90 Å². The van der Waals surface area contributed by atoms with E-state index in [9.17, 15) is 0 Å². The summed E-state index contributed by atoms with van der Waals surface area (Å²) in [6.45, 7) is 8.82. The zero-order chi connectivity index (χ0) is 10.7. The highest BCUT2D eigenvalue weighted by molar-refractivity contribution is 5.20. The number of rotatable bonds is 2. The van der Waals surface area contributed by atoms with Crippen LogP contribution in [0.3, 0.4) is 0 Å². The first kappa shape index (κ1) is 10.7. The van der Waals surface area contributed by atoms with Gasteiger partial charge in [0.25, 0.3) is 0 Å². The largest absolute Gasteiger partial charge is 0.304 e. The highest BCUT2D eigenvalue weighted by Crippen LogP contribution is 2.20. The maximum Gasteiger partial charge on any atom is 0.0349 e. The van der Waals surface area contributed by atoms with Crippen molar-refractivity contribution in [3.05, 3.63) is 42.8 Å². The van der Waals surface area contributed by atoms with E-state index in [1.807, 2.05) is 0 Å². The predicted molar refractivity (Wildman–Crippen MR) is 63.6 cm³/mol. The highest BCUT2D eigenvalue weighted by Gasteiger charge is 2.19. The van der Waals surface area contributed by atoms with Gasteiger partial charge in [0.2, 0.25) is 0 Å². The Hall–Kier alpha value is -0.860. The van der Waals surface area contributed by atoms with Gasteiger partial charge in [-0.2, -0.15) is 0 Å². The summed E-state index contributed by atoms with van der Waals surface area (Å²) >= 11 is 0. The lowest BCUT2D eigenvalue weighted by Crippen LogP contribution is -2.45. The van der Waals surface area contributed by atoms with Crippen LogP contribution in [0, 0.1) is 6.92 Å². The molecule has 1 aliphatic rings. The van der Waals surface area contributed by atoms with Crippen molar-refractivity contribution < 1.29 is 0 Å². The Balaban J connectivity index is 1.99. The molecule has 1 aromatic rings. The van der Waals surface area contributed by atoms with E-state index in [-0.39, 0.29) is 0 Å². The third kappa shape index (κ3) is 2.58. The Morgan fingerprint density at radius 1 is 1.07 bits per heavy atom. The average Bonchev–Trinajstić information content (AvgIpc) is 2.30. The van der Waals surface area contributed by atoms with Crippen LogP contribution in [-0.4, -0.2) is 43.0 Å². The van der Waals surface area contributed by atoms with E-state index < -0.39 is 0 Å². The quantitative estimate of drug-likeness (QED) is 0.723. The van der Waals surface area contributed by atoms with Crippen molar-refractivity contribution in [1.82, 2.24) is 9.80 Å². The summed E-state index contributed by atoms with van der Waals surface area (Å²) in [5, 5.41) is 0. The molecular weight excluding hydrogens is 184 g/mol. The molecule has 1 aliphatic heterocycles. The fourth-order valence-corrected chi connectivity index (χ4v) is 2.02. The highest BCUT2D eigenvalue weighted by atomic mass is 15.3. The fourth-order valence-electron chi connectivity index (χ4n) is 2.02. The molecule has 2 nitrogen and oxygen atoms in total. The van der Waals surface area contributed by atoms with Crippen LogP contribution in [0.1, 0.15) is 11.6 Å². The second-order valence-corrected chi connectivity index (χ2v) is 4.27. The summed E-state index contributed by atoms with van der Waals surface area (Å²) in [6.07, 6.45) is 0. The summed E-state index contributed by atoms with van der Waals surface area (Å²) in [6, 6.07) is 10.9. The van der Waals surface area contributed by atoms with E-state index in [1.165, 1.54) is 5.56 Å². The molecule has 2 rings (SSSR count). The van der Waals surface area contributed by atoms with Crippen molar-refractivity contribution in [1.29, 1.82) is 0 Å². The Bertz CT molecular complexity index is 289. The number of nitrogens with zero attached hydrogens (tertiary/aromatic N) is 2. The van der Waals surface area contributed by atoms with Crippen LogP contribution in [0.15, 0.2) is 30.3 Å². The van der Waals surface area contributed by atoms with Crippen LogP contribution in [0.25, 0.3) is 0 Å². The molecule has 1 saturated heterocycles. The van der Waals surface area contributed by atoms with Crippen molar-refractivity contribution in [2.24, 2.45) is 0 Å². The van der Waals surface area contributed by atoms with Crippen molar-refractivity contribution in [3.63, 3.8) is 0 Å². The van der Waals surface area contributed by atoms with E-state index in [4.69, 9.17) is 0 Å². The Morgan fingerprint density at radius 2 is 1.67 bits per heavy atom. The second kappa shape index (κ2) is 4.77. The summed E-state index contributed by atoms with van der Waals surface area (Å²) < 4.78 is 0. The van der Waals surface area contributed by atoms with E-state index in [1.54, 1.807) is 0 Å². The third-order valence-corrected chi connectivity index (χ3v) is 3.16. The zero-order valence-corrected chi connectivity index (χ0v) is 9.39. The van der Waals surface area contributed by atoms with Crippen LogP contribution >= 0.6 is 0 Å². The number of piperazine rings is 1. The molecule has 1 unspecified atom stereocenters. The first-order valence-corrected chi connectivity index (χ1v) is 5.58. The van der Waals surface area contributed by atoms with Gasteiger partial charge in [-0.05, 0) is 19.5 Å². The van der Waals surface area contributed by atoms with Gasteiger partial charge < -0.3 is 4.90 Å². The molecular formula is C13H19N2. The van der Waals surface area contributed by atoms with Gasteiger partial charge in [0.1, 0.15) is 0 Å². The molecule has 1 radical (unpaired) electrons. The van der Waals surface area contributed by atoms with Crippen LogP contribution < -0.4 is 0 Å². The Labute approximate surface area is 92.5 Å². The van der Waals surface area contributed by atoms with Crippen LogP contribution in [0.2, 0.25) is 0 Å². The van der Waals surface area contributed by atoms with E-state index in [0.717, 1.165) is 26.2 Å². The smallest absolute Gasteiger partial charge is 0.0349 e. The van der Waals surface area contributed by atoms with Crippen LogP contribution in [-0.2, 0) is 0 Å². The maximum atomic E-state index is 4.26. The summed E-state index contributed by atoms with van der Waals surface area (Å²) in [5.74, 6) is 0. The van der Waals surface area contributed by atoms with Gasteiger partial charge in [-0.25, -0.2) is 0 Å². The Kier molecular flexibility index (Phi) is 3.39. The molecule has 0 bridgehead atoms. The molecule has 0 amide bonds. The number of hydrogen-bond donors (Lipinski definition) is 0. The third-order valence-electron chi connectivity index (χ3n) is 3.16. The lowest BCUT2D eigenvalue weighted by Gasteiger charge is -2.36. The van der Waals surface area contributed by atoms with Gasteiger partial charge >= 0.3 is 0 Å². The molecule has 0 N–H and O–H groups in total. The van der Waals surface area contributed by atoms with Crippen molar-refractivity contribution >= 4 is 0 Å². The van der Waals surface area contributed by atoms with E-state index in [0.29, 0.717) is 6.04 Å². The Morgan fingerprint density at radius 3 is 2.27 bits per heavy atom. The molecule has 0 saturated carbocycles. The van der Waals surface area contributed by atoms with Crippen LogP contribution in [0.4, 0.5) is 0 Å². The van der Waals surface area contributed by atoms with Gasteiger partial charge in [-0.15, -0.1) is 0 Å². The minimum Gasteiger partial charge on any atom is -0.304 e. The SMILES string of the molecule is [CH2]C(c1ccccc1)N1CCN(C)CC1. The lowest BCUT2D eigenvalue weighted by molar-refractivity contribution is 0.129. The summed E-state index contributed by atoms with van der Waals surface area (Å²) in [4.78, 5) is 4.82. The van der Waals surface area contributed by atoms with E-state index >= 15 is 0 Å². The fraction of sp³-hybridized carbons (Fsp3) is 0.462. The van der Waals surface area contributed by atoms with Gasteiger partial charge in [-0.1, -0.05) is 30.3 Å². The molecule has 1 heterocycles. The van der Waals surface area contributed by atoms with Crippen molar-refractivity contribution in [2.45, 2.75) is 6.04 Å². The second-order valence-electron chi connectivity index (χ2n) is 4.27. The number of hydrogen-bond acceptors (Lipinski definition) is 2. The molecule has 0 spiro atoms. The lowest BCUT2D eigenvalue weighted by atomic mass is 10.1. The molecule has 0 aliphatic carbocycles. The first-order chi connectivity index (χ1) is 7.27. The monoisotopic (exact) mass is 203 g/mol. The van der Waals surface area contributed by atoms with Gasteiger partial charge in [0.05, 0.1) is 0 Å². The van der Waals surface area contributed by atoms with Gasteiger partial charge in [0.15, 0.2) is 0 Å². The molecule has 81 valence electrons. The molecule has 2 heteroatoms. The summed E-state index contributed by atoms with van der Waals surface area (Å²) in [5.41, 5.74) is 1.32. The normalized spacial score (nSPS) is 21.5. The number of benzene rings is 1. The maximum absolute atomic E-state index is 4.26.